The van der Waals surface area contributed by atoms with Gasteiger partial charge in [-0.25, -0.2) is 9.59 Å². The molecule has 0 atom stereocenters. The van der Waals surface area contributed by atoms with Gasteiger partial charge in [0.15, 0.2) is 0 Å². The van der Waals surface area contributed by atoms with Gasteiger partial charge in [-0.15, -0.1) is 0 Å². The molecule has 0 saturated heterocycles. The monoisotopic (exact) mass is 290 g/mol. The standard InChI is InChI=1S/C12H26O4Si2/c1-7-17(5,8-2)15-11(13)12(14)16-18(6,9-3)10-4/h7-10H2,1-6H3. The van der Waals surface area contributed by atoms with Gasteiger partial charge in [-0.1, -0.05) is 27.7 Å². The second kappa shape index (κ2) is 7.08. The molecule has 18 heavy (non-hydrogen) atoms. The van der Waals surface area contributed by atoms with Crippen LogP contribution >= 0.6 is 0 Å². The molecule has 0 aliphatic heterocycles. The van der Waals surface area contributed by atoms with Gasteiger partial charge in [-0.3, -0.25) is 0 Å². The molecule has 0 fully saturated rings. The summed E-state index contributed by atoms with van der Waals surface area (Å²) in [5, 5.41) is 0. The predicted molar refractivity (Wildman–Crippen MR) is 77.3 cm³/mol. The van der Waals surface area contributed by atoms with Crippen molar-refractivity contribution in [1.82, 2.24) is 0 Å². The maximum absolute atomic E-state index is 11.7. The van der Waals surface area contributed by atoms with E-state index in [0.717, 1.165) is 24.2 Å². The van der Waals surface area contributed by atoms with Gasteiger partial charge in [0.2, 0.25) is 0 Å². The average Bonchev–Trinajstić information content (AvgIpc) is 2.38. The van der Waals surface area contributed by atoms with Gasteiger partial charge in [-0.05, 0) is 37.3 Å². The highest BCUT2D eigenvalue weighted by Gasteiger charge is 2.36. The van der Waals surface area contributed by atoms with Crippen LogP contribution in [0, 0.1) is 0 Å². The van der Waals surface area contributed by atoms with Gasteiger partial charge in [0, 0.05) is 0 Å². The molecule has 0 spiro atoms. The summed E-state index contributed by atoms with van der Waals surface area (Å²) in [6.45, 7) is 11.9. The molecule has 0 heterocycles. The van der Waals surface area contributed by atoms with Gasteiger partial charge in [0.05, 0.1) is 0 Å². The van der Waals surface area contributed by atoms with Crippen LogP contribution in [0.5, 0.6) is 0 Å². The summed E-state index contributed by atoms with van der Waals surface area (Å²) in [5.41, 5.74) is 0. The molecular weight excluding hydrogens is 264 g/mol. The summed E-state index contributed by atoms with van der Waals surface area (Å²) in [6.07, 6.45) is 0. The van der Waals surface area contributed by atoms with E-state index in [1.165, 1.54) is 0 Å². The quantitative estimate of drug-likeness (QED) is 0.556. The minimum absolute atomic E-state index is 0.798. The molecule has 4 nitrogen and oxygen atoms in total. The number of hydrogen-bond donors (Lipinski definition) is 0. The lowest BCUT2D eigenvalue weighted by Crippen LogP contribution is -2.43. The molecule has 0 N–H and O–H groups in total. The summed E-state index contributed by atoms with van der Waals surface area (Å²) in [5.74, 6) is -1.60. The lowest BCUT2D eigenvalue weighted by Gasteiger charge is -2.27. The fraction of sp³-hybridized carbons (Fsp3) is 0.833. The third-order valence-electron chi connectivity index (χ3n) is 3.84. The van der Waals surface area contributed by atoms with Crippen molar-refractivity contribution in [2.45, 2.75) is 65.0 Å². The molecule has 0 rings (SSSR count). The second-order valence-electron chi connectivity index (χ2n) is 5.09. The number of hydrogen-bond acceptors (Lipinski definition) is 4. The Bertz CT molecular complexity index is 266. The van der Waals surface area contributed by atoms with Crippen molar-refractivity contribution in [3.63, 3.8) is 0 Å². The van der Waals surface area contributed by atoms with Crippen LogP contribution in [0.4, 0.5) is 0 Å². The average molecular weight is 291 g/mol. The molecule has 0 saturated carbocycles. The Morgan fingerprint density at radius 2 is 0.944 bits per heavy atom. The lowest BCUT2D eigenvalue weighted by molar-refractivity contribution is -0.157. The van der Waals surface area contributed by atoms with E-state index in [0.29, 0.717) is 0 Å². The molecule has 0 unspecified atom stereocenters. The van der Waals surface area contributed by atoms with E-state index in [4.69, 9.17) is 8.85 Å². The highest BCUT2D eigenvalue weighted by molar-refractivity contribution is 6.77. The molecule has 106 valence electrons. The first kappa shape index (κ1) is 17.4. The molecule has 0 radical (unpaired) electrons. The van der Waals surface area contributed by atoms with Crippen molar-refractivity contribution in [2.24, 2.45) is 0 Å². The third-order valence-corrected chi connectivity index (χ3v) is 11.2. The highest BCUT2D eigenvalue weighted by Crippen LogP contribution is 2.19. The molecule has 6 heteroatoms. The van der Waals surface area contributed by atoms with Crippen molar-refractivity contribution in [3.8, 4) is 0 Å². The minimum atomic E-state index is -2.05. The first-order valence-electron chi connectivity index (χ1n) is 6.72. The maximum Gasteiger partial charge on any atom is 0.402 e. The van der Waals surface area contributed by atoms with E-state index in [9.17, 15) is 9.59 Å². The lowest BCUT2D eigenvalue weighted by atomic mass is 10.7. The summed E-state index contributed by atoms with van der Waals surface area (Å²) in [4.78, 5) is 23.5. The summed E-state index contributed by atoms with van der Waals surface area (Å²) in [6, 6.07) is 3.27. The number of rotatable bonds is 6. The number of carbonyl (C=O) groups excluding carboxylic acids is 2. The molecule has 0 aliphatic rings. The van der Waals surface area contributed by atoms with Crippen LogP contribution in [0.25, 0.3) is 0 Å². The largest absolute Gasteiger partial charge is 0.511 e. The van der Waals surface area contributed by atoms with Crippen LogP contribution in [0.15, 0.2) is 0 Å². The van der Waals surface area contributed by atoms with E-state index >= 15 is 0 Å². The van der Waals surface area contributed by atoms with Gasteiger partial charge >= 0.3 is 11.9 Å². The van der Waals surface area contributed by atoms with Crippen molar-refractivity contribution < 1.29 is 18.4 Å². The van der Waals surface area contributed by atoms with E-state index < -0.39 is 28.6 Å². The minimum Gasteiger partial charge on any atom is -0.511 e. The fourth-order valence-electron chi connectivity index (χ4n) is 1.32. The Balaban J connectivity index is 4.58. The molecule has 0 aromatic heterocycles. The first-order chi connectivity index (χ1) is 8.25. The molecule has 0 aromatic rings. The molecule has 0 aromatic carbocycles. The van der Waals surface area contributed by atoms with E-state index in [1.807, 2.05) is 40.8 Å². The van der Waals surface area contributed by atoms with Crippen molar-refractivity contribution in [3.05, 3.63) is 0 Å². The second-order valence-corrected chi connectivity index (χ2v) is 14.1. The van der Waals surface area contributed by atoms with Crippen molar-refractivity contribution in [1.29, 1.82) is 0 Å². The Morgan fingerprint density at radius 1 is 0.722 bits per heavy atom. The Hall–Kier alpha value is -0.626. The predicted octanol–water partition coefficient (Wildman–Crippen LogP) is 3.30. The fourth-order valence-corrected chi connectivity index (χ4v) is 3.96. The normalized spacial score (nSPS) is 12.1. The zero-order valence-corrected chi connectivity index (χ0v) is 14.5. The Labute approximate surface area is 112 Å². The smallest absolute Gasteiger partial charge is 0.402 e. The third kappa shape index (κ3) is 4.93. The van der Waals surface area contributed by atoms with Gasteiger partial charge in [0.1, 0.15) is 0 Å². The van der Waals surface area contributed by atoms with Gasteiger partial charge in [-0.2, -0.15) is 0 Å². The molecule has 0 amide bonds. The van der Waals surface area contributed by atoms with Crippen molar-refractivity contribution >= 4 is 28.6 Å². The van der Waals surface area contributed by atoms with Crippen LogP contribution in [-0.2, 0) is 18.4 Å². The topological polar surface area (TPSA) is 52.6 Å². The van der Waals surface area contributed by atoms with E-state index in [1.54, 1.807) is 0 Å². The number of carbonyl (C=O) groups is 2. The highest BCUT2D eigenvalue weighted by atomic mass is 28.4. The van der Waals surface area contributed by atoms with Crippen LogP contribution < -0.4 is 0 Å². The van der Waals surface area contributed by atoms with Gasteiger partial charge in [0.25, 0.3) is 16.6 Å². The SMILES string of the molecule is CC[Si](C)(CC)OC(=O)C(=O)O[Si](C)(CC)CC. The Kier molecular flexibility index (Phi) is 6.84. The zero-order chi connectivity index (χ0) is 14.4. The van der Waals surface area contributed by atoms with Crippen LogP contribution in [-0.4, -0.2) is 28.6 Å². The van der Waals surface area contributed by atoms with E-state index in [2.05, 4.69) is 0 Å². The molecule has 0 aliphatic carbocycles. The van der Waals surface area contributed by atoms with Crippen LogP contribution in [0.2, 0.25) is 37.3 Å². The Morgan fingerprint density at radius 3 is 1.11 bits per heavy atom. The van der Waals surface area contributed by atoms with Crippen LogP contribution in [0.3, 0.4) is 0 Å². The van der Waals surface area contributed by atoms with Crippen LogP contribution in [0.1, 0.15) is 27.7 Å². The maximum atomic E-state index is 11.7. The van der Waals surface area contributed by atoms with E-state index in [-0.39, 0.29) is 0 Å². The zero-order valence-electron chi connectivity index (χ0n) is 12.5. The summed E-state index contributed by atoms with van der Waals surface area (Å²) < 4.78 is 10.8. The van der Waals surface area contributed by atoms with Crippen molar-refractivity contribution in [2.75, 3.05) is 0 Å². The van der Waals surface area contributed by atoms with Gasteiger partial charge < -0.3 is 8.85 Å². The summed E-state index contributed by atoms with van der Waals surface area (Å²) in [7, 11) is -4.11. The first-order valence-corrected chi connectivity index (χ1v) is 12.4. The molecular formula is C12H26O4Si2. The molecule has 0 bridgehead atoms. The summed E-state index contributed by atoms with van der Waals surface area (Å²) >= 11 is 0.